The molecule has 3 rings (SSSR count). The lowest BCUT2D eigenvalue weighted by atomic mass is 10.2. The molecule has 1 heterocycles. The van der Waals surface area contributed by atoms with Gasteiger partial charge in [0.05, 0.1) is 18.9 Å². The maximum atomic E-state index is 4.71. The van der Waals surface area contributed by atoms with Gasteiger partial charge < -0.3 is 22.2 Å². The largest absolute Gasteiger partial charge is 1.00 e. The van der Waals surface area contributed by atoms with Gasteiger partial charge in [-0.2, -0.15) is 0 Å². The number of hydrogen-bond acceptors (Lipinski definition) is 4. The lowest BCUT2D eigenvalue weighted by molar-refractivity contribution is -0.685. The molecule has 0 fully saturated rings. The lowest BCUT2D eigenvalue weighted by Crippen LogP contribution is -3.00. The van der Waals surface area contributed by atoms with Gasteiger partial charge in [0, 0.05) is 46.5 Å². The summed E-state index contributed by atoms with van der Waals surface area (Å²) < 4.78 is 3.86. The number of rotatable bonds is 7. The highest BCUT2D eigenvalue weighted by Crippen LogP contribution is 2.12. The quantitative estimate of drug-likeness (QED) is 0.399. The van der Waals surface area contributed by atoms with Crippen LogP contribution in [0.3, 0.4) is 0 Å². The molecule has 0 N–H and O–H groups in total. The lowest BCUT2D eigenvalue weighted by Gasteiger charge is -2.11. The number of nitrogens with zero attached hydrogens (tertiary/aromatic N) is 6. The second-order valence-electron chi connectivity index (χ2n) is 7.66. The Bertz CT molecular complexity index is 1030. The summed E-state index contributed by atoms with van der Waals surface area (Å²) in [5.74, 6) is 1.02. The van der Waals surface area contributed by atoms with Crippen molar-refractivity contribution in [3.8, 4) is 0 Å². The Morgan fingerprint density at radius 2 is 1.32 bits per heavy atom. The first kappa shape index (κ1) is 24.2. The Balaban J connectivity index is 0.00000341. The maximum absolute atomic E-state index is 4.71. The number of aromatic nitrogens is 2. The molecular formula is C24H31ClN6. The van der Waals surface area contributed by atoms with Crippen molar-refractivity contribution >= 4 is 23.8 Å². The van der Waals surface area contributed by atoms with Gasteiger partial charge in [0.1, 0.15) is 0 Å². The summed E-state index contributed by atoms with van der Waals surface area (Å²) in [6.45, 7) is 4.16. The summed E-state index contributed by atoms with van der Waals surface area (Å²) in [6.07, 6.45) is 6.60. The van der Waals surface area contributed by atoms with Crippen LogP contribution in [0.15, 0.2) is 64.9 Å². The first-order valence-corrected chi connectivity index (χ1v) is 10.2. The van der Waals surface area contributed by atoms with Crippen LogP contribution in [0.25, 0.3) is 0 Å². The number of imidazole rings is 1. The highest BCUT2D eigenvalue weighted by molar-refractivity contribution is 5.80. The molecule has 0 saturated heterocycles. The Kier molecular flexibility index (Phi) is 8.39. The molecule has 3 aromatic rings. The molecule has 0 radical (unpaired) electrons. The maximum Gasteiger partial charge on any atom is 0.307 e. The molecule has 0 aliphatic heterocycles. The molecular weight excluding hydrogens is 408 g/mol. The van der Waals surface area contributed by atoms with E-state index in [0.717, 1.165) is 29.1 Å². The molecule has 1 aromatic heterocycles. The summed E-state index contributed by atoms with van der Waals surface area (Å²) in [4.78, 5) is 4.17. The summed E-state index contributed by atoms with van der Waals surface area (Å²) in [6, 6.07) is 16.7. The molecule has 6 nitrogen and oxygen atoms in total. The van der Waals surface area contributed by atoms with Crippen LogP contribution in [0.1, 0.15) is 29.6 Å². The second-order valence-corrected chi connectivity index (χ2v) is 7.66. The Morgan fingerprint density at radius 3 is 1.77 bits per heavy atom. The van der Waals surface area contributed by atoms with Crippen LogP contribution in [0.5, 0.6) is 0 Å². The zero-order valence-corrected chi connectivity index (χ0v) is 19.9. The van der Waals surface area contributed by atoms with Crippen LogP contribution in [-0.2, 0) is 6.42 Å². The Labute approximate surface area is 191 Å². The van der Waals surface area contributed by atoms with Gasteiger partial charge in [-0.3, -0.25) is 0 Å². The van der Waals surface area contributed by atoms with E-state index >= 15 is 0 Å². The van der Waals surface area contributed by atoms with E-state index in [0.29, 0.717) is 0 Å². The summed E-state index contributed by atoms with van der Waals surface area (Å²) in [5, 5.41) is 9.37. The van der Waals surface area contributed by atoms with Crippen molar-refractivity contribution < 1.29 is 17.1 Å². The monoisotopic (exact) mass is 438 g/mol. The third-order valence-electron chi connectivity index (χ3n) is 4.94. The third-order valence-corrected chi connectivity index (χ3v) is 4.94. The van der Waals surface area contributed by atoms with E-state index in [2.05, 4.69) is 70.4 Å². The fourth-order valence-corrected chi connectivity index (χ4v) is 3.15. The van der Waals surface area contributed by atoms with Crippen LogP contribution in [0.4, 0.5) is 11.4 Å². The van der Waals surface area contributed by atoms with Gasteiger partial charge in [-0.25, -0.2) is 0 Å². The van der Waals surface area contributed by atoms with Crippen molar-refractivity contribution in [1.29, 1.82) is 0 Å². The minimum Gasteiger partial charge on any atom is -1.00 e. The van der Waals surface area contributed by atoms with Crippen LogP contribution in [0, 0.1) is 6.92 Å². The molecule has 164 valence electrons. The van der Waals surface area contributed by atoms with Crippen molar-refractivity contribution in [3.05, 3.63) is 77.4 Å². The predicted octanol–water partition coefficient (Wildman–Crippen LogP) is 0.547. The molecule has 31 heavy (non-hydrogen) atoms. The topological polar surface area (TPSA) is 40.0 Å². The average molecular weight is 439 g/mol. The van der Waals surface area contributed by atoms with Crippen LogP contribution < -0.4 is 26.9 Å². The number of anilines is 2. The van der Waals surface area contributed by atoms with Crippen molar-refractivity contribution in [2.24, 2.45) is 10.2 Å². The minimum absolute atomic E-state index is 0. The van der Waals surface area contributed by atoms with E-state index in [-0.39, 0.29) is 12.4 Å². The fraction of sp³-hybridized carbons (Fsp3) is 0.292. The third kappa shape index (κ3) is 5.95. The molecule has 0 aliphatic rings. The minimum atomic E-state index is 0. The van der Waals surface area contributed by atoms with Gasteiger partial charge in [0.15, 0.2) is 11.9 Å². The number of hydrogen-bond donors (Lipinski definition) is 0. The number of halogens is 1. The predicted molar refractivity (Wildman–Crippen MR) is 126 cm³/mol. The zero-order valence-electron chi connectivity index (χ0n) is 19.1. The molecule has 2 aromatic carbocycles. The number of benzene rings is 2. The van der Waals surface area contributed by atoms with E-state index in [1.165, 1.54) is 11.4 Å². The van der Waals surface area contributed by atoms with Crippen LogP contribution >= 0.6 is 0 Å². The average Bonchev–Trinajstić information content (AvgIpc) is 3.05. The van der Waals surface area contributed by atoms with E-state index in [4.69, 9.17) is 5.10 Å². The van der Waals surface area contributed by atoms with Gasteiger partial charge in [-0.15, -0.1) is 9.35 Å². The zero-order chi connectivity index (χ0) is 21.7. The standard InChI is InChI=1S/C24H31N6.ClH/c1-7-24-29(25-16-20-8-12-22(13-9-20)27(3)4)18-19(2)30(24)26-17-21-10-14-23(15-11-21)28(5)6;/h8-18H,7H2,1-6H3;1H/q+1;/p-1/b25-16+,26-17+;. The Morgan fingerprint density at radius 1 is 0.839 bits per heavy atom. The molecule has 0 amide bonds. The molecule has 0 spiro atoms. The number of aryl methyl sites for hydroxylation is 1. The molecule has 0 atom stereocenters. The normalized spacial score (nSPS) is 11.2. The van der Waals surface area contributed by atoms with Gasteiger partial charge >= 0.3 is 5.82 Å². The van der Waals surface area contributed by atoms with Gasteiger partial charge in [-0.1, -0.05) is 41.4 Å². The first-order valence-electron chi connectivity index (χ1n) is 10.2. The first-order chi connectivity index (χ1) is 14.4. The van der Waals surface area contributed by atoms with Crippen molar-refractivity contribution in [2.75, 3.05) is 38.0 Å². The summed E-state index contributed by atoms with van der Waals surface area (Å²) in [7, 11) is 8.15. The SMILES string of the molecule is CCc1n(/N=C/c2ccc(N(C)C)cc2)c(C)c[n+]1/N=C/c1ccc(N(C)C)cc1.[Cl-]. The van der Waals surface area contributed by atoms with Crippen molar-refractivity contribution in [2.45, 2.75) is 20.3 Å². The van der Waals surface area contributed by atoms with E-state index in [1.54, 1.807) is 0 Å². The van der Waals surface area contributed by atoms with Crippen LogP contribution in [0.2, 0.25) is 0 Å². The van der Waals surface area contributed by atoms with Crippen molar-refractivity contribution in [3.63, 3.8) is 0 Å². The highest BCUT2D eigenvalue weighted by atomic mass is 35.5. The van der Waals surface area contributed by atoms with E-state index in [9.17, 15) is 0 Å². The van der Waals surface area contributed by atoms with E-state index < -0.39 is 0 Å². The summed E-state index contributed by atoms with van der Waals surface area (Å²) in [5.41, 5.74) is 5.50. The van der Waals surface area contributed by atoms with Crippen molar-refractivity contribution in [1.82, 2.24) is 4.68 Å². The van der Waals surface area contributed by atoms with Gasteiger partial charge in [0.25, 0.3) is 0 Å². The highest BCUT2D eigenvalue weighted by Gasteiger charge is 2.19. The van der Waals surface area contributed by atoms with Crippen LogP contribution in [-0.4, -0.2) is 45.3 Å². The fourth-order valence-electron chi connectivity index (χ4n) is 3.15. The van der Waals surface area contributed by atoms with E-state index in [1.807, 2.05) is 63.1 Å². The Hall–Kier alpha value is -3.12. The molecule has 7 heteroatoms. The van der Waals surface area contributed by atoms with Gasteiger partial charge in [-0.05, 0) is 35.4 Å². The van der Waals surface area contributed by atoms with Gasteiger partial charge in [0.2, 0.25) is 0 Å². The molecule has 0 unspecified atom stereocenters. The smallest absolute Gasteiger partial charge is 0.307 e. The molecule has 0 aliphatic carbocycles. The second kappa shape index (κ2) is 10.8. The molecule has 0 bridgehead atoms. The summed E-state index contributed by atoms with van der Waals surface area (Å²) >= 11 is 0. The molecule has 0 saturated carbocycles.